The fraction of sp³-hybridized carbons (Fsp3) is 0. The molecular formula is C53H33N5. The Bertz CT molecular complexity index is 3420. The maximum Gasteiger partial charge on any atom is 0.164 e. The van der Waals surface area contributed by atoms with E-state index in [2.05, 4.69) is 209 Å². The van der Waals surface area contributed by atoms with Gasteiger partial charge in [0.2, 0.25) is 0 Å². The van der Waals surface area contributed by atoms with Crippen molar-refractivity contribution in [1.29, 1.82) is 0 Å². The summed E-state index contributed by atoms with van der Waals surface area (Å²) < 4.78 is 4.76. The molecule has 0 spiro atoms. The molecule has 3 heterocycles. The van der Waals surface area contributed by atoms with Crippen LogP contribution in [0, 0.1) is 0 Å². The molecule has 270 valence electrons. The summed E-state index contributed by atoms with van der Waals surface area (Å²) in [5, 5.41) is 9.57. The van der Waals surface area contributed by atoms with Crippen molar-refractivity contribution in [1.82, 2.24) is 24.1 Å². The van der Waals surface area contributed by atoms with Gasteiger partial charge in [-0.3, -0.25) is 0 Å². The minimum atomic E-state index is 0.628. The van der Waals surface area contributed by atoms with Gasteiger partial charge in [-0.1, -0.05) is 133 Å². The average Bonchev–Trinajstić information content (AvgIpc) is 3.81. The van der Waals surface area contributed by atoms with Crippen LogP contribution in [0.4, 0.5) is 0 Å². The van der Waals surface area contributed by atoms with Crippen LogP contribution >= 0.6 is 0 Å². The second-order valence-electron chi connectivity index (χ2n) is 14.9. The predicted molar refractivity (Wildman–Crippen MR) is 240 cm³/mol. The summed E-state index contributed by atoms with van der Waals surface area (Å²) in [5.41, 5.74) is 9.69. The first kappa shape index (κ1) is 32.4. The van der Waals surface area contributed by atoms with Crippen LogP contribution in [0.15, 0.2) is 200 Å². The first-order valence-electron chi connectivity index (χ1n) is 19.6. The van der Waals surface area contributed by atoms with Crippen molar-refractivity contribution < 1.29 is 0 Å². The minimum absolute atomic E-state index is 0.628. The van der Waals surface area contributed by atoms with Gasteiger partial charge in [-0.15, -0.1) is 0 Å². The molecule has 0 unspecified atom stereocenters. The molecule has 5 heteroatoms. The van der Waals surface area contributed by atoms with Gasteiger partial charge < -0.3 is 9.13 Å². The minimum Gasteiger partial charge on any atom is -0.309 e. The van der Waals surface area contributed by atoms with Crippen LogP contribution in [0.5, 0.6) is 0 Å². The van der Waals surface area contributed by atoms with Gasteiger partial charge in [-0.05, 0) is 88.3 Å². The lowest BCUT2D eigenvalue weighted by Crippen LogP contribution is -2.01. The van der Waals surface area contributed by atoms with E-state index in [4.69, 9.17) is 15.0 Å². The van der Waals surface area contributed by atoms with E-state index in [-0.39, 0.29) is 0 Å². The molecule has 0 aliphatic heterocycles. The first-order valence-corrected chi connectivity index (χ1v) is 19.6. The monoisotopic (exact) mass is 739 g/mol. The fourth-order valence-electron chi connectivity index (χ4n) is 8.76. The van der Waals surface area contributed by atoms with Gasteiger partial charge in [0.25, 0.3) is 0 Å². The van der Waals surface area contributed by atoms with Crippen LogP contribution < -0.4 is 0 Å². The molecule has 0 radical (unpaired) electrons. The lowest BCUT2D eigenvalue weighted by molar-refractivity contribution is 1.07. The zero-order valence-electron chi connectivity index (χ0n) is 31.3. The smallest absolute Gasteiger partial charge is 0.164 e. The van der Waals surface area contributed by atoms with Gasteiger partial charge in [0.05, 0.1) is 22.1 Å². The van der Waals surface area contributed by atoms with Gasteiger partial charge in [0, 0.05) is 49.6 Å². The lowest BCUT2D eigenvalue weighted by Gasteiger charge is -2.12. The molecule has 0 atom stereocenters. The Morgan fingerprint density at radius 3 is 1.16 bits per heavy atom. The van der Waals surface area contributed by atoms with Crippen LogP contribution in [0.3, 0.4) is 0 Å². The van der Waals surface area contributed by atoms with Crippen LogP contribution in [-0.4, -0.2) is 24.1 Å². The van der Waals surface area contributed by atoms with Crippen molar-refractivity contribution in [2.24, 2.45) is 0 Å². The Labute approximate surface area is 333 Å². The summed E-state index contributed by atoms with van der Waals surface area (Å²) >= 11 is 0. The van der Waals surface area contributed by atoms with Gasteiger partial charge in [-0.2, -0.15) is 0 Å². The SMILES string of the molecule is c1ccc2cc(-c3nc(-c4ccc(-n5c6ccccc6c6ccc(-n7c8ccccc8c8ccccc87)cc65)cc4)nc(-c4ccc5ccccc5c4)n3)ccc2c1. The Kier molecular flexibility index (Phi) is 7.16. The summed E-state index contributed by atoms with van der Waals surface area (Å²) in [6, 6.07) is 71.1. The highest BCUT2D eigenvalue weighted by Crippen LogP contribution is 2.37. The summed E-state index contributed by atoms with van der Waals surface area (Å²) in [4.78, 5) is 15.3. The third-order valence-electron chi connectivity index (χ3n) is 11.5. The van der Waals surface area contributed by atoms with Gasteiger partial charge in [0.15, 0.2) is 17.5 Å². The summed E-state index contributed by atoms with van der Waals surface area (Å²) in [6.07, 6.45) is 0. The highest BCUT2D eigenvalue weighted by Gasteiger charge is 2.18. The van der Waals surface area contributed by atoms with E-state index in [0.29, 0.717) is 17.5 Å². The first-order chi connectivity index (χ1) is 28.7. The van der Waals surface area contributed by atoms with E-state index >= 15 is 0 Å². The van der Waals surface area contributed by atoms with Crippen LogP contribution in [-0.2, 0) is 0 Å². The number of fused-ring (bicyclic) bond motifs is 8. The van der Waals surface area contributed by atoms with Crippen LogP contribution in [0.25, 0.3) is 111 Å². The van der Waals surface area contributed by atoms with Crippen molar-refractivity contribution in [2.45, 2.75) is 0 Å². The predicted octanol–water partition coefficient (Wildman–Crippen LogP) is 13.4. The van der Waals surface area contributed by atoms with E-state index in [1.54, 1.807) is 0 Å². The maximum absolute atomic E-state index is 5.12. The molecule has 0 amide bonds. The molecule has 12 rings (SSSR count). The van der Waals surface area contributed by atoms with Gasteiger partial charge in [0.1, 0.15) is 0 Å². The van der Waals surface area contributed by atoms with Gasteiger partial charge in [-0.25, -0.2) is 15.0 Å². The number of aromatic nitrogens is 5. The Morgan fingerprint density at radius 2 is 0.638 bits per heavy atom. The molecule has 0 bridgehead atoms. The Balaban J connectivity index is 1.01. The number of rotatable bonds is 5. The molecule has 0 aliphatic carbocycles. The third kappa shape index (κ3) is 5.14. The maximum atomic E-state index is 5.12. The third-order valence-corrected chi connectivity index (χ3v) is 11.5. The number of nitrogens with zero attached hydrogens (tertiary/aromatic N) is 5. The molecule has 0 N–H and O–H groups in total. The zero-order chi connectivity index (χ0) is 38.2. The molecule has 0 fully saturated rings. The topological polar surface area (TPSA) is 48.5 Å². The van der Waals surface area contributed by atoms with Crippen molar-refractivity contribution in [3.63, 3.8) is 0 Å². The average molecular weight is 740 g/mol. The standard InChI is InChI=1S/C53H33N5/c1-3-13-37-31-39(23-21-34(37)11-1)52-54-51(55-53(56-52)40-24-22-35-12-2-4-14-38(35)32-40)36-25-27-41(28-26-36)57-47-18-8-7-17-45(47)46-30-29-42(33-50(46)57)58-48-19-9-5-15-43(48)44-16-6-10-20-49(44)58/h1-33H. The molecule has 5 nitrogen and oxygen atoms in total. The Morgan fingerprint density at radius 1 is 0.259 bits per heavy atom. The fourth-order valence-corrected chi connectivity index (χ4v) is 8.76. The van der Waals surface area contributed by atoms with Crippen molar-refractivity contribution in [3.8, 4) is 45.5 Å². The molecule has 0 saturated heterocycles. The van der Waals surface area contributed by atoms with E-state index in [1.165, 1.54) is 43.4 Å². The van der Waals surface area contributed by atoms with Crippen LogP contribution in [0.1, 0.15) is 0 Å². The highest BCUT2D eigenvalue weighted by atomic mass is 15.0. The van der Waals surface area contributed by atoms with Crippen LogP contribution in [0.2, 0.25) is 0 Å². The summed E-state index contributed by atoms with van der Waals surface area (Å²) in [5.74, 6) is 1.91. The molecule has 12 aromatic rings. The number of para-hydroxylation sites is 3. The highest BCUT2D eigenvalue weighted by molar-refractivity contribution is 6.12. The molecule has 58 heavy (non-hydrogen) atoms. The quantitative estimate of drug-likeness (QED) is 0.177. The number of hydrogen-bond donors (Lipinski definition) is 0. The van der Waals surface area contributed by atoms with E-state index < -0.39 is 0 Å². The van der Waals surface area contributed by atoms with E-state index in [9.17, 15) is 0 Å². The second-order valence-corrected chi connectivity index (χ2v) is 14.9. The molecule has 3 aromatic heterocycles. The van der Waals surface area contributed by atoms with Gasteiger partial charge >= 0.3 is 0 Å². The Hall–Kier alpha value is -7.89. The zero-order valence-corrected chi connectivity index (χ0v) is 31.3. The van der Waals surface area contributed by atoms with Crippen molar-refractivity contribution >= 4 is 65.2 Å². The second kappa shape index (κ2) is 12.8. The number of hydrogen-bond acceptors (Lipinski definition) is 3. The van der Waals surface area contributed by atoms with E-state index in [0.717, 1.165) is 49.9 Å². The lowest BCUT2D eigenvalue weighted by atomic mass is 10.1. The molecule has 0 saturated carbocycles. The molecule has 9 aromatic carbocycles. The summed E-state index contributed by atoms with van der Waals surface area (Å²) in [7, 11) is 0. The van der Waals surface area contributed by atoms with Crippen molar-refractivity contribution in [2.75, 3.05) is 0 Å². The van der Waals surface area contributed by atoms with E-state index in [1.807, 2.05) is 0 Å². The normalized spacial score (nSPS) is 11.8. The molecular weight excluding hydrogens is 707 g/mol. The largest absolute Gasteiger partial charge is 0.309 e. The van der Waals surface area contributed by atoms with Crippen molar-refractivity contribution in [3.05, 3.63) is 200 Å². The summed E-state index contributed by atoms with van der Waals surface area (Å²) in [6.45, 7) is 0. The number of benzene rings is 9. The molecule has 0 aliphatic rings.